The van der Waals surface area contributed by atoms with Gasteiger partial charge in [0.25, 0.3) is 16.9 Å². The largest absolute Gasteiger partial charge is 0.493 e. The Bertz CT molecular complexity index is 2030. The lowest BCUT2D eigenvalue weighted by atomic mass is 10.1. The zero-order valence-electron chi connectivity index (χ0n) is 22.9. The molecule has 5 rings (SSSR count). The molecule has 0 N–H and O–H groups in total. The molecule has 0 spiro atoms. The van der Waals surface area contributed by atoms with Gasteiger partial charge in [-0.3, -0.25) is 25.0 Å². The van der Waals surface area contributed by atoms with E-state index in [2.05, 4.69) is 10.1 Å². The Morgan fingerprint density at radius 2 is 1.61 bits per heavy atom. The molecule has 4 aromatic carbocycles. The molecule has 0 bridgehead atoms. The molecule has 0 saturated heterocycles. The van der Waals surface area contributed by atoms with Gasteiger partial charge in [0.2, 0.25) is 0 Å². The molecular formula is C31H21N5O8. The number of carbonyl (C=O) groups is 1. The van der Waals surface area contributed by atoms with Crippen molar-refractivity contribution in [2.75, 3.05) is 7.11 Å². The van der Waals surface area contributed by atoms with Gasteiger partial charge in [0, 0.05) is 35.9 Å². The van der Waals surface area contributed by atoms with E-state index in [1.54, 1.807) is 42.5 Å². The number of ether oxygens (including phenoxy) is 2. The predicted molar refractivity (Wildman–Crippen MR) is 162 cm³/mol. The third-order valence-electron chi connectivity index (χ3n) is 6.30. The smallest absolute Gasteiger partial charge is 0.336 e. The molecule has 0 atom stereocenters. The number of fused-ring (bicyclic) bond motifs is 1. The lowest BCUT2D eigenvalue weighted by molar-refractivity contribution is -0.385. The number of esters is 1. The van der Waals surface area contributed by atoms with E-state index >= 15 is 0 Å². The summed E-state index contributed by atoms with van der Waals surface area (Å²) >= 11 is 0. The molecule has 218 valence electrons. The average molecular weight is 592 g/mol. The van der Waals surface area contributed by atoms with Crippen LogP contribution in [0.15, 0.2) is 107 Å². The number of hydrogen-bond donors (Lipinski definition) is 0. The molecule has 0 amide bonds. The molecule has 44 heavy (non-hydrogen) atoms. The van der Waals surface area contributed by atoms with Gasteiger partial charge in [0.1, 0.15) is 0 Å². The Morgan fingerprint density at radius 1 is 0.864 bits per heavy atom. The van der Waals surface area contributed by atoms with Crippen molar-refractivity contribution in [1.82, 2.24) is 9.66 Å². The highest BCUT2D eigenvalue weighted by Gasteiger charge is 2.15. The minimum absolute atomic E-state index is 0.106. The standard InChI is InChI=1S/C31H21N5O8/c1-43-28-18-21(9-15-27(28)44-29(37)16-10-20-5-4-6-24(17-20)36(41)42)19-32-34-30(22-11-13-23(14-12-22)35(39)40)33-26-8-3-2-7-25(26)31(34)38/h2-19H,1H3/b16-10+,32-19?. The van der Waals surface area contributed by atoms with Crippen LogP contribution < -0.4 is 15.0 Å². The first-order chi connectivity index (χ1) is 21.2. The summed E-state index contributed by atoms with van der Waals surface area (Å²) in [6, 6.07) is 22.7. The van der Waals surface area contributed by atoms with E-state index in [1.165, 1.54) is 67.9 Å². The highest BCUT2D eigenvalue weighted by Crippen LogP contribution is 2.28. The topological polar surface area (TPSA) is 169 Å². The van der Waals surface area contributed by atoms with Gasteiger partial charge >= 0.3 is 5.97 Å². The number of nitro groups is 2. The van der Waals surface area contributed by atoms with Crippen LogP contribution in [-0.2, 0) is 4.79 Å². The van der Waals surface area contributed by atoms with Crippen LogP contribution in [0, 0.1) is 20.2 Å². The van der Waals surface area contributed by atoms with Crippen LogP contribution in [0.5, 0.6) is 11.5 Å². The second kappa shape index (κ2) is 12.6. The highest BCUT2D eigenvalue weighted by atomic mass is 16.6. The number of nitro benzene ring substituents is 2. The third-order valence-corrected chi connectivity index (χ3v) is 6.30. The first kappa shape index (κ1) is 29.0. The fourth-order valence-corrected chi connectivity index (χ4v) is 4.17. The van der Waals surface area contributed by atoms with Crippen LogP contribution in [0.2, 0.25) is 0 Å². The van der Waals surface area contributed by atoms with Crippen LogP contribution in [-0.4, -0.2) is 38.8 Å². The molecule has 13 heteroatoms. The molecular weight excluding hydrogens is 570 g/mol. The Labute approximate surface area is 248 Å². The van der Waals surface area contributed by atoms with Gasteiger partial charge in [0.05, 0.1) is 34.1 Å². The second-order valence-corrected chi connectivity index (χ2v) is 9.13. The van der Waals surface area contributed by atoms with Crippen molar-refractivity contribution >= 4 is 40.5 Å². The first-order valence-electron chi connectivity index (χ1n) is 12.9. The predicted octanol–water partition coefficient (Wildman–Crippen LogP) is 5.39. The van der Waals surface area contributed by atoms with Crippen molar-refractivity contribution in [3.63, 3.8) is 0 Å². The number of aromatic nitrogens is 2. The summed E-state index contributed by atoms with van der Waals surface area (Å²) in [6.07, 6.45) is 3.91. The Hall–Kier alpha value is -6.50. The van der Waals surface area contributed by atoms with E-state index in [-0.39, 0.29) is 28.7 Å². The summed E-state index contributed by atoms with van der Waals surface area (Å²) in [4.78, 5) is 51.5. The third kappa shape index (κ3) is 6.36. The molecule has 0 aliphatic heterocycles. The lowest BCUT2D eigenvalue weighted by Crippen LogP contribution is -2.20. The normalized spacial score (nSPS) is 11.2. The maximum atomic E-state index is 13.4. The van der Waals surface area contributed by atoms with Gasteiger partial charge in [-0.1, -0.05) is 24.3 Å². The van der Waals surface area contributed by atoms with Crippen molar-refractivity contribution in [3.05, 3.63) is 139 Å². The van der Waals surface area contributed by atoms with E-state index in [1.807, 2.05) is 0 Å². The van der Waals surface area contributed by atoms with Crippen LogP contribution >= 0.6 is 0 Å². The minimum Gasteiger partial charge on any atom is -0.493 e. The second-order valence-electron chi connectivity index (χ2n) is 9.13. The number of para-hydroxylation sites is 1. The van der Waals surface area contributed by atoms with Gasteiger partial charge in [-0.05, 0) is 59.7 Å². The first-order valence-corrected chi connectivity index (χ1v) is 12.9. The molecule has 5 aromatic rings. The zero-order valence-corrected chi connectivity index (χ0v) is 22.9. The van der Waals surface area contributed by atoms with Gasteiger partial charge in [-0.15, -0.1) is 0 Å². The highest BCUT2D eigenvalue weighted by molar-refractivity contribution is 5.89. The number of benzene rings is 4. The monoisotopic (exact) mass is 591 g/mol. The van der Waals surface area contributed by atoms with Crippen LogP contribution in [0.1, 0.15) is 11.1 Å². The molecule has 13 nitrogen and oxygen atoms in total. The molecule has 0 unspecified atom stereocenters. The lowest BCUT2D eigenvalue weighted by Gasteiger charge is -2.10. The summed E-state index contributed by atoms with van der Waals surface area (Å²) in [5.74, 6) is -0.259. The van der Waals surface area contributed by atoms with E-state index in [9.17, 15) is 29.8 Å². The quantitative estimate of drug-likeness (QED) is 0.0545. The molecule has 0 aliphatic rings. The Kier molecular flexibility index (Phi) is 8.29. The van der Waals surface area contributed by atoms with Gasteiger partial charge in [-0.25, -0.2) is 9.78 Å². The summed E-state index contributed by atoms with van der Waals surface area (Å²) in [7, 11) is 1.39. The molecule has 0 fully saturated rings. The minimum atomic E-state index is -0.738. The van der Waals surface area contributed by atoms with Gasteiger partial charge < -0.3 is 9.47 Å². The number of rotatable bonds is 9. The number of hydrogen-bond acceptors (Lipinski definition) is 10. The van der Waals surface area contributed by atoms with Crippen LogP contribution in [0.4, 0.5) is 11.4 Å². The summed E-state index contributed by atoms with van der Waals surface area (Å²) in [5.41, 5.74) is 1.14. The molecule has 0 aliphatic carbocycles. The maximum Gasteiger partial charge on any atom is 0.336 e. The van der Waals surface area contributed by atoms with Crippen molar-refractivity contribution in [2.45, 2.75) is 0 Å². The number of nitrogens with zero attached hydrogens (tertiary/aromatic N) is 5. The Balaban J connectivity index is 1.43. The molecule has 1 aromatic heterocycles. The van der Waals surface area contributed by atoms with Crippen molar-refractivity contribution in [3.8, 4) is 22.9 Å². The summed E-state index contributed by atoms with van der Waals surface area (Å²) in [6.45, 7) is 0. The number of methoxy groups -OCH3 is 1. The fraction of sp³-hybridized carbons (Fsp3) is 0.0323. The molecule has 1 heterocycles. The van der Waals surface area contributed by atoms with E-state index in [0.717, 1.165) is 10.8 Å². The van der Waals surface area contributed by atoms with E-state index < -0.39 is 21.4 Å². The SMILES string of the molecule is COc1cc(C=Nn2c(-c3ccc([N+](=O)[O-])cc3)nc3ccccc3c2=O)ccc1OC(=O)/C=C/c1cccc([N+](=O)[O-])c1. The van der Waals surface area contributed by atoms with Crippen molar-refractivity contribution in [2.24, 2.45) is 5.10 Å². The van der Waals surface area contributed by atoms with Crippen LogP contribution in [0.3, 0.4) is 0 Å². The Morgan fingerprint density at radius 3 is 2.34 bits per heavy atom. The van der Waals surface area contributed by atoms with E-state index in [0.29, 0.717) is 27.6 Å². The zero-order chi connectivity index (χ0) is 31.2. The molecule has 0 saturated carbocycles. The summed E-state index contributed by atoms with van der Waals surface area (Å²) in [5, 5.41) is 26.8. The fourth-order valence-electron chi connectivity index (χ4n) is 4.17. The van der Waals surface area contributed by atoms with Gasteiger partial charge in [0.15, 0.2) is 17.3 Å². The average Bonchev–Trinajstić information content (AvgIpc) is 3.04. The molecule has 0 radical (unpaired) electrons. The number of non-ortho nitro benzene ring substituents is 2. The van der Waals surface area contributed by atoms with Gasteiger partial charge in [-0.2, -0.15) is 9.78 Å². The van der Waals surface area contributed by atoms with Crippen LogP contribution in [0.25, 0.3) is 28.4 Å². The van der Waals surface area contributed by atoms with E-state index in [4.69, 9.17) is 9.47 Å². The van der Waals surface area contributed by atoms with Crippen molar-refractivity contribution < 1.29 is 24.1 Å². The maximum absolute atomic E-state index is 13.4. The number of carbonyl (C=O) groups excluding carboxylic acids is 1. The van der Waals surface area contributed by atoms with Crippen molar-refractivity contribution in [1.29, 1.82) is 0 Å². The summed E-state index contributed by atoms with van der Waals surface area (Å²) < 4.78 is 11.9.